The van der Waals surface area contributed by atoms with Gasteiger partial charge in [0.2, 0.25) is 0 Å². The first-order valence-corrected chi connectivity index (χ1v) is 4.52. The van der Waals surface area contributed by atoms with Crippen LogP contribution in [0.15, 0.2) is 0 Å². The first-order chi connectivity index (χ1) is 5.38. The van der Waals surface area contributed by atoms with E-state index in [1.807, 2.05) is 6.92 Å². The zero-order chi connectivity index (χ0) is 9.35. The molecule has 2 N–H and O–H groups in total. The normalized spacial score (nSPS) is 34.4. The Hall–Kier alpha value is -0.160. The van der Waals surface area contributed by atoms with Crippen molar-refractivity contribution < 1.29 is 19.8 Å². The van der Waals surface area contributed by atoms with Crippen LogP contribution in [0.1, 0.15) is 13.3 Å². The van der Waals surface area contributed by atoms with Gasteiger partial charge in [0, 0.05) is 6.42 Å². The van der Waals surface area contributed by atoms with Crippen molar-refractivity contribution in [3.8, 4) is 0 Å². The molecule has 1 saturated heterocycles. The lowest BCUT2D eigenvalue weighted by molar-refractivity contribution is -0.873. The molecule has 3 atom stereocenters. The molecule has 1 aliphatic heterocycles. The predicted octanol–water partition coefficient (Wildman–Crippen LogP) is 0.0541. The Kier molecular flexibility index (Phi) is 4.32. The van der Waals surface area contributed by atoms with Gasteiger partial charge in [-0.1, -0.05) is 0 Å². The molecule has 1 aliphatic rings. The lowest BCUT2D eigenvalue weighted by Gasteiger charge is -2.26. The standard InChI is InChI=1S/C9H20NO2.H2O/c1-7-9(11)5-8(12-7)6-10(2,3)4;/h7-9,11H,5-6H2,1-4H3;1H2/q+1;/p-1. The van der Waals surface area contributed by atoms with E-state index in [0.29, 0.717) is 0 Å². The SMILES string of the molecule is CC1OC(C[N+](C)(C)C)CC1O.[OH-]. The van der Waals surface area contributed by atoms with Gasteiger partial charge in [0.25, 0.3) is 0 Å². The average Bonchev–Trinajstić information content (AvgIpc) is 2.07. The summed E-state index contributed by atoms with van der Waals surface area (Å²) in [6.07, 6.45) is 0.773. The molecule has 4 nitrogen and oxygen atoms in total. The highest BCUT2D eigenvalue weighted by Crippen LogP contribution is 2.21. The number of nitrogens with zero attached hydrogens (tertiary/aromatic N) is 1. The molecule has 0 aromatic heterocycles. The van der Waals surface area contributed by atoms with E-state index in [2.05, 4.69) is 21.1 Å². The highest BCUT2D eigenvalue weighted by atomic mass is 16.5. The summed E-state index contributed by atoms with van der Waals surface area (Å²) in [4.78, 5) is 0. The highest BCUT2D eigenvalue weighted by Gasteiger charge is 2.33. The summed E-state index contributed by atoms with van der Waals surface area (Å²) in [6, 6.07) is 0. The first kappa shape index (κ1) is 12.8. The maximum atomic E-state index is 9.43. The third-order valence-electron chi connectivity index (χ3n) is 2.20. The molecule has 1 fully saturated rings. The maximum absolute atomic E-state index is 9.43. The number of ether oxygens (including phenoxy) is 1. The summed E-state index contributed by atoms with van der Waals surface area (Å²) in [6.45, 7) is 2.90. The van der Waals surface area contributed by atoms with Crippen LogP contribution in [0.3, 0.4) is 0 Å². The fraction of sp³-hybridized carbons (Fsp3) is 1.00. The predicted molar refractivity (Wildman–Crippen MR) is 49.8 cm³/mol. The Labute approximate surface area is 80.0 Å². The van der Waals surface area contributed by atoms with E-state index in [0.717, 1.165) is 17.4 Å². The van der Waals surface area contributed by atoms with Gasteiger partial charge in [0.15, 0.2) is 0 Å². The summed E-state index contributed by atoms with van der Waals surface area (Å²) < 4.78 is 6.48. The van der Waals surface area contributed by atoms with E-state index >= 15 is 0 Å². The molecule has 0 aromatic rings. The number of aliphatic hydroxyl groups is 1. The van der Waals surface area contributed by atoms with Crippen molar-refractivity contribution in [3.63, 3.8) is 0 Å². The van der Waals surface area contributed by atoms with E-state index < -0.39 is 0 Å². The van der Waals surface area contributed by atoms with E-state index in [1.165, 1.54) is 0 Å². The number of hydrogen-bond acceptors (Lipinski definition) is 3. The summed E-state index contributed by atoms with van der Waals surface area (Å²) in [7, 11) is 6.41. The van der Waals surface area contributed by atoms with Crippen molar-refractivity contribution in [2.45, 2.75) is 31.7 Å². The van der Waals surface area contributed by atoms with Crippen molar-refractivity contribution in [1.29, 1.82) is 0 Å². The molecule has 80 valence electrons. The van der Waals surface area contributed by atoms with Gasteiger partial charge in [0.1, 0.15) is 12.6 Å². The fourth-order valence-electron chi connectivity index (χ4n) is 1.64. The summed E-state index contributed by atoms with van der Waals surface area (Å²) in [5, 5.41) is 9.43. The number of rotatable bonds is 2. The van der Waals surface area contributed by atoms with Gasteiger partial charge in [-0.25, -0.2) is 0 Å². The van der Waals surface area contributed by atoms with Crippen molar-refractivity contribution in [2.75, 3.05) is 27.7 Å². The van der Waals surface area contributed by atoms with Crippen molar-refractivity contribution >= 4 is 0 Å². The molecular formula is C9H21NO3. The molecule has 3 unspecified atom stereocenters. The summed E-state index contributed by atoms with van der Waals surface area (Å²) in [5.41, 5.74) is 0. The van der Waals surface area contributed by atoms with Crippen LogP contribution < -0.4 is 0 Å². The average molecular weight is 191 g/mol. The number of likely N-dealkylation sites (N-methyl/N-ethyl adjacent to an activating group) is 1. The van der Waals surface area contributed by atoms with Crippen molar-refractivity contribution in [3.05, 3.63) is 0 Å². The Morgan fingerprint density at radius 2 is 1.92 bits per heavy atom. The van der Waals surface area contributed by atoms with Crippen molar-refractivity contribution in [2.24, 2.45) is 0 Å². The van der Waals surface area contributed by atoms with Crippen LogP contribution in [0.4, 0.5) is 0 Å². The third-order valence-corrected chi connectivity index (χ3v) is 2.20. The van der Waals surface area contributed by atoms with Gasteiger partial charge >= 0.3 is 0 Å². The Balaban J connectivity index is 0.00000144. The smallest absolute Gasteiger partial charge is 0.109 e. The molecule has 0 bridgehead atoms. The van der Waals surface area contributed by atoms with Gasteiger partial charge < -0.3 is 19.8 Å². The Morgan fingerprint density at radius 1 is 1.38 bits per heavy atom. The second-order valence-electron chi connectivity index (χ2n) is 4.74. The maximum Gasteiger partial charge on any atom is 0.109 e. The molecule has 0 radical (unpaired) electrons. The molecule has 0 saturated carbocycles. The zero-order valence-corrected chi connectivity index (χ0v) is 8.90. The van der Waals surface area contributed by atoms with Gasteiger partial charge in [-0.05, 0) is 6.92 Å². The lowest BCUT2D eigenvalue weighted by atomic mass is 10.1. The van der Waals surface area contributed by atoms with Gasteiger partial charge in [-0.2, -0.15) is 0 Å². The minimum absolute atomic E-state index is 0. The second-order valence-corrected chi connectivity index (χ2v) is 4.74. The fourth-order valence-corrected chi connectivity index (χ4v) is 1.64. The van der Waals surface area contributed by atoms with Crippen LogP contribution in [0.25, 0.3) is 0 Å². The van der Waals surface area contributed by atoms with Crippen molar-refractivity contribution in [1.82, 2.24) is 0 Å². The molecule has 1 rings (SSSR count). The minimum Gasteiger partial charge on any atom is -0.870 e. The van der Waals surface area contributed by atoms with Gasteiger partial charge in [0.05, 0.1) is 33.4 Å². The molecule has 1 heterocycles. The molecular weight excluding hydrogens is 170 g/mol. The van der Waals surface area contributed by atoms with E-state index in [9.17, 15) is 5.11 Å². The highest BCUT2D eigenvalue weighted by molar-refractivity contribution is 4.78. The molecule has 0 aromatic carbocycles. The van der Waals surface area contributed by atoms with Crippen LogP contribution in [-0.4, -0.2) is 61.1 Å². The van der Waals surface area contributed by atoms with Gasteiger partial charge in [-0.3, -0.25) is 0 Å². The van der Waals surface area contributed by atoms with E-state index in [-0.39, 0.29) is 23.8 Å². The molecule has 13 heavy (non-hydrogen) atoms. The van der Waals surface area contributed by atoms with Crippen LogP contribution in [0.5, 0.6) is 0 Å². The van der Waals surface area contributed by atoms with E-state index in [1.54, 1.807) is 0 Å². The number of aliphatic hydroxyl groups excluding tert-OH is 1. The van der Waals surface area contributed by atoms with Crippen LogP contribution >= 0.6 is 0 Å². The lowest BCUT2D eigenvalue weighted by Crippen LogP contribution is -2.41. The monoisotopic (exact) mass is 191 g/mol. The first-order valence-electron chi connectivity index (χ1n) is 4.52. The Bertz CT molecular complexity index is 145. The number of hydrogen-bond donors (Lipinski definition) is 1. The largest absolute Gasteiger partial charge is 0.870 e. The topological polar surface area (TPSA) is 59.5 Å². The quantitative estimate of drug-likeness (QED) is 0.628. The summed E-state index contributed by atoms with van der Waals surface area (Å²) in [5.74, 6) is 0. The van der Waals surface area contributed by atoms with Crippen LogP contribution in [0, 0.1) is 0 Å². The van der Waals surface area contributed by atoms with Crippen LogP contribution in [-0.2, 0) is 4.74 Å². The van der Waals surface area contributed by atoms with Crippen LogP contribution in [0.2, 0.25) is 0 Å². The zero-order valence-electron chi connectivity index (χ0n) is 8.90. The molecule has 0 aliphatic carbocycles. The number of quaternary nitrogens is 1. The summed E-state index contributed by atoms with van der Waals surface area (Å²) >= 11 is 0. The molecule has 0 amide bonds. The molecule has 4 heteroatoms. The minimum atomic E-state index is -0.262. The molecule has 0 spiro atoms. The van der Waals surface area contributed by atoms with E-state index in [4.69, 9.17) is 4.74 Å². The second kappa shape index (κ2) is 4.37. The third kappa shape index (κ3) is 4.04. The Morgan fingerprint density at radius 3 is 2.23 bits per heavy atom. The van der Waals surface area contributed by atoms with Gasteiger partial charge in [-0.15, -0.1) is 0 Å².